The van der Waals surface area contributed by atoms with Crippen molar-refractivity contribution in [2.45, 2.75) is 151 Å². The van der Waals surface area contributed by atoms with E-state index in [0.29, 0.717) is 11.8 Å². The maximum atomic E-state index is 13.3. The number of hydrogen-bond acceptors (Lipinski definition) is 59. The molecule has 61 nitrogen and oxygen atoms in total. The summed E-state index contributed by atoms with van der Waals surface area (Å²) in [5.74, 6) is 17.1. The van der Waals surface area contributed by atoms with Crippen molar-refractivity contribution in [3.63, 3.8) is 0 Å². The van der Waals surface area contributed by atoms with Gasteiger partial charge in [-0.05, 0) is 6.92 Å². The van der Waals surface area contributed by atoms with Gasteiger partial charge in [-0.25, -0.2) is 9.97 Å². The zero-order valence-electron chi connectivity index (χ0n) is 68.8. The number of nitrogens with one attached hydrogen (secondary N) is 1. The van der Waals surface area contributed by atoms with Gasteiger partial charge in [-0.1, -0.05) is 53.3 Å². The van der Waals surface area contributed by atoms with Gasteiger partial charge in [-0.2, -0.15) is 28.7 Å². The molecule has 4 saturated heterocycles. The Morgan fingerprint density at radius 2 is 0.934 bits per heavy atom. The van der Waals surface area contributed by atoms with Crippen molar-refractivity contribution in [2.24, 2.45) is 0 Å². The summed E-state index contributed by atoms with van der Waals surface area (Å²) < 4.78 is 103. The molecule has 136 heavy (non-hydrogen) atoms. The zero-order chi connectivity index (χ0) is 108. The van der Waals surface area contributed by atoms with Crippen LogP contribution in [0.5, 0.6) is 0 Å². The van der Waals surface area contributed by atoms with E-state index in [4.69, 9.17) is 187 Å². The van der Waals surface area contributed by atoms with E-state index in [1.54, 1.807) is 23.7 Å². The number of carbonyl (C=O) groups excluding carboxylic acids is 4. The number of nitrogens with two attached hydrogens (primary N) is 2. The molecule has 4 aromatic heterocycles. The lowest BCUT2D eigenvalue weighted by Gasteiger charge is -2.32. The van der Waals surface area contributed by atoms with Crippen LogP contribution in [0, 0.1) is 123 Å². The van der Waals surface area contributed by atoms with Crippen LogP contribution in [-0.4, -0.2) is 334 Å². The first kappa shape index (κ1) is 142. The quantitative estimate of drug-likeness (QED) is 0.00589. The van der Waals surface area contributed by atoms with E-state index >= 15 is 0 Å². The Balaban J connectivity index is -0.000000221. The Bertz CT molecular complexity index is 4470. The van der Waals surface area contributed by atoms with Gasteiger partial charge >= 0.3 is 12.2 Å². The lowest BCUT2D eigenvalue weighted by atomic mass is 9.97. The van der Waals surface area contributed by atoms with E-state index in [0.717, 1.165) is 6.29 Å². The van der Waals surface area contributed by atoms with Gasteiger partial charge in [0.15, 0.2) is 105 Å². The molecular weight excluding hydrogens is 1980 g/mol. The number of carbonyl (C=O) groups is 4. The molecule has 0 aromatic carbocycles. The third kappa shape index (κ3) is 52.8. The number of ether oxygens (including phenoxy) is 4. The molecule has 8 heterocycles. The highest BCUT2D eigenvalue weighted by Crippen LogP contribution is 2.40. The monoisotopic (exact) mass is 2070 g/mol. The molecule has 0 saturated carbocycles. The molecular formula is C67H82F2N10O51P6-12. The van der Waals surface area contributed by atoms with E-state index < -0.39 is 242 Å². The molecule has 0 aliphatic carbocycles. The van der Waals surface area contributed by atoms with Crippen LogP contribution in [-0.2, 0) is 94.5 Å². The summed E-state index contributed by atoms with van der Waals surface area (Å²) in [5.41, 5.74) is -4.36. The Kier molecular flexibility index (Phi) is 79.6. The number of anilines is 2. The number of hydrogen-bond donors (Lipinski definition) is 22. The predicted octanol–water partition coefficient (Wildman–Crippen LogP) is -20.7. The highest BCUT2D eigenvalue weighted by Gasteiger charge is 2.50. The van der Waals surface area contributed by atoms with Crippen LogP contribution >= 0.6 is 51.3 Å². The van der Waals surface area contributed by atoms with Gasteiger partial charge in [0.25, 0.3) is 0 Å². The smallest absolute Gasteiger partial charge is 0.312 e. The molecule has 4 aliphatic heterocycles. The molecule has 762 valence electrons. The fourth-order valence-corrected chi connectivity index (χ4v) is 8.50. The Labute approximate surface area is 772 Å². The van der Waals surface area contributed by atoms with Crippen LogP contribution in [0.3, 0.4) is 0 Å². The van der Waals surface area contributed by atoms with E-state index in [1.165, 1.54) is 24.1 Å². The molecule has 0 radical (unpaired) electrons. The van der Waals surface area contributed by atoms with Crippen LogP contribution in [0.15, 0.2) is 12.7 Å². The van der Waals surface area contributed by atoms with Gasteiger partial charge < -0.3 is 236 Å². The maximum absolute atomic E-state index is 13.3. The van der Waals surface area contributed by atoms with E-state index in [-0.39, 0.29) is 73.1 Å². The summed E-state index contributed by atoms with van der Waals surface area (Å²) in [7, 11) is -10.6. The molecule has 17 atom stereocenters. The van der Waals surface area contributed by atoms with Crippen molar-refractivity contribution in [1.29, 1.82) is 0 Å². The van der Waals surface area contributed by atoms with E-state index in [2.05, 4.69) is 101 Å². The molecule has 0 amide bonds. The number of nitrogens with zero attached hydrogens (tertiary/aromatic N) is 7. The summed E-state index contributed by atoms with van der Waals surface area (Å²) in [5, 5.41) is 217. The first-order chi connectivity index (χ1) is 63.6. The zero-order valence-corrected chi connectivity index (χ0v) is 74.2. The van der Waals surface area contributed by atoms with Crippen LogP contribution in [0.2, 0.25) is 0 Å². The number of phosphoric ester groups is 1. The minimum atomic E-state index is -5.21. The highest BCUT2D eigenvalue weighted by atomic mass is 31.2. The number of aromatic nitrogens is 8. The molecule has 0 bridgehead atoms. The predicted molar refractivity (Wildman–Crippen MR) is 413 cm³/mol. The van der Waals surface area contributed by atoms with Gasteiger partial charge in [0.2, 0.25) is 11.2 Å². The number of terminal acetylenes is 9. The maximum Gasteiger partial charge on any atom is 0.312 e. The average Bonchev–Trinajstić information content (AvgIpc) is 1.61. The molecule has 69 heteroatoms. The van der Waals surface area contributed by atoms with Crippen LogP contribution in [0.1, 0.15) is 45.3 Å². The van der Waals surface area contributed by atoms with Crippen molar-refractivity contribution in [1.82, 2.24) is 39.5 Å². The second-order valence-corrected chi connectivity index (χ2v) is 25.7. The number of aromatic amines is 1. The van der Waals surface area contributed by atoms with Crippen molar-refractivity contribution >= 4 is 110 Å². The number of aliphatic hydroxyl groups excluding tert-OH is 13. The molecule has 24 N–H and O–H groups in total. The van der Waals surface area contributed by atoms with Gasteiger partial charge in [0.05, 0.1) is 130 Å². The van der Waals surface area contributed by atoms with Gasteiger partial charge in [-0.15, -0.1) is 57.8 Å². The summed E-state index contributed by atoms with van der Waals surface area (Å²) in [4.78, 5) is 142. The molecule has 4 aliphatic rings. The lowest BCUT2D eigenvalue weighted by Crippen LogP contribution is -2.46. The third-order valence-corrected chi connectivity index (χ3v) is 15.5. The molecule has 4 aromatic rings. The summed E-state index contributed by atoms with van der Waals surface area (Å²) >= 11 is 0. The van der Waals surface area contributed by atoms with Gasteiger partial charge in [0, 0.05) is 32.1 Å². The SMILES string of the molecule is C#CC(O)(CO)CO.C#C[C@@](O)(CO)C(O)O.C#C[C@@](O)(CO[O-])[C@@H](O)CC=O.C#C[C@](O)(C=O)CO[O-].C#C[C@](O)(C=O)CO[O-].C#C[C@]1(CO)O[C@@H](n2cnc3c(N)nc(F)nc32)C[C@@H]1O.C#C[C@]1(CO)O[C@H](OP(=O)([O-])[O-])C[C@@H]1O.C#C[C@]1(CO[O-])OC(O)C[C@@H]1O.C#C[C@]1(CO[O-])OC(O)C[C@@H]1O.CC=O.Nc1nc(F)nc2nc[nH]c12.O=P[O-].O=P[O-].O=P[O-].O=P[O-].O=P[O-]. The molecule has 4 fully saturated rings. The Morgan fingerprint density at radius 1 is 0.559 bits per heavy atom. The second-order valence-electron chi connectivity index (χ2n) is 23.8. The van der Waals surface area contributed by atoms with Crippen LogP contribution < -0.4 is 72.0 Å². The van der Waals surface area contributed by atoms with Crippen LogP contribution in [0.4, 0.5) is 20.4 Å². The van der Waals surface area contributed by atoms with Crippen molar-refractivity contribution in [2.75, 3.05) is 77.5 Å². The van der Waals surface area contributed by atoms with Crippen molar-refractivity contribution in [3.8, 4) is 111 Å². The first-order valence-electron chi connectivity index (χ1n) is 34.1. The number of rotatable bonds is 24. The largest absolute Gasteiger partial charge is 0.790 e. The number of fused-ring (bicyclic) bond motifs is 2. The number of aliphatic hydroxyl groups is 19. The number of H-pyrrole nitrogens is 1. The fraction of sp³-hybridized carbons (Fsp3) is 0.522. The first-order valence-corrected chi connectivity index (χ1v) is 39.2. The third-order valence-electron chi connectivity index (χ3n) is 15.0. The summed E-state index contributed by atoms with van der Waals surface area (Å²) in [6.07, 6.45) is 33.0. The standard InChI is InChI=1S/C12H12FN5O3.C7H11O7P.3C7H10O5.C5H4FN5.2C5H6O4.C5H8O4.C5H8O3.C2H4O.5HO2P/c1-2-12(4-19)6(20)3-7(21-12)18-5-15-8-9(14)16-11(13)17-10(8)18;1-2-7(4-8)5(9)3-6(13-7)14-15(10,11)12;2*1-2-7(4-11-10)5(8)3-6(9)12-7;1-2-7(10,5-12-11)6(9)3-4-8;6-5-10-3(7)2-4(11-5)9-1-8-2;2*1-2-5(7,3-6)4-9-8;1-2-5(9,3-6)4(7)8;1-2-5(8,3-6)4-7;1-2-3;5*1-3-2/h1,5-7,19-20H,3-4H2,(H2,14,16,17);1,5-6,8-9H,3-4H2,(H2,10,11,12);2*1,5-6,8-10H,3-4H2;1,4,6,9-11H,3,5H2;1H,(H3,7,8,9,10,11);2*1,3,7-8H,4H2;1,4,6-9H,3H2;1,6-8H,3-4H2;2H,1H3;5*(H,1,2)/p-12/t6-,7+,12+;5-,6+,7+;2*5-,6?,7+;6-,7+;;3*5-;;;;;;;/m00000.001......./s1. The van der Waals surface area contributed by atoms with Gasteiger partial charge in [-0.3, -0.25) is 37.0 Å². The van der Waals surface area contributed by atoms with Crippen LogP contribution in [0.25, 0.3) is 22.3 Å². The molecule has 0 spiro atoms. The molecule has 2 unspecified atom stereocenters. The Morgan fingerprint density at radius 3 is 1.20 bits per heavy atom. The fourth-order valence-electron chi connectivity index (χ4n) is 8.08. The number of phosphoric acid groups is 1. The topological polar surface area (TPSA) is 1070 Å². The van der Waals surface area contributed by atoms with Crippen molar-refractivity contribution in [3.05, 3.63) is 24.8 Å². The number of aldehydes is 4. The summed E-state index contributed by atoms with van der Waals surface area (Å²) in [6, 6.07) is 0. The molecule has 8 rings (SSSR count). The van der Waals surface area contributed by atoms with Crippen molar-refractivity contribution < 1.29 is 261 Å². The minimum absolute atomic E-state index is 0.00639. The van der Waals surface area contributed by atoms with E-state index in [9.17, 15) is 94.4 Å². The normalized spacial score (nSPS) is 22.8. The van der Waals surface area contributed by atoms with E-state index in [1.807, 2.05) is 11.8 Å². The number of nitrogen functional groups attached to an aromatic ring is 2. The minimum Gasteiger partial charge on any atom is -0.790 e. The Hall–Kier alpha value is -9.63. The highest BCUT2D eigenvalue weighted by molar-refractivity contribution is 7.43. The number of imidazole rings is 2. The number of halogens is 2. The average molecular weight is 2070 g/mol. The second kappa shape index (κ2) is 76.4. The van der Waals surface area contributed by atoms with Gasteiger partial charge in [0.1, 0.15) is 54.8 Å². The summed E-state index contributed by atoms with van der Waals surface area (Å²) in [6.45, 7) is -5.02. The lowest BCUT2D eigenvalue weighted by molar-refractivity contribution is -0.693.